The number of hydrogen-bond donors (Lipinski definition) is 1. The molecule has 0 bridgehead atoms. The first kappa shape index (κ1) is 15.2. The summed E-state index contributed by atoms with van der Waals surface area (Å²) in [5.74, 6) is -0.774. The van der Waals surface area contributed by atoms with Gasteiger partial charge in [-0.25, -0.2) is 13.4 Å². The van der Waals surface area contributed by atoms with Crippen LogP contribution in [-0.4, -0.2) is 31.0 Å². The number of nitrogens with zero attached hydrogens (tertiary/aromatic N) is 1. The zero-order chi connectivity index (χ0) is 15.5. The molecule has 0 aliphatic rings. The fourth-order valence-electron chi connectivity index (χ4n) is 1.85. The Hall–Kier alpha value is -2.15. The van der Waals surface area contributed by atoms with Gasteiger partial charge in [0.2, 0.25) is 15.0 Å². The Bertz CT molecular complexity index is 706. The van der Waals surface area contributed by atoms with Crippen molar-refractivity contribution >= 4 is 15.8 Å². The molecule has 0 aliphatic heterocycles. The number of sulfone groups is 1. The number of nitrogens with one attached hydrogen (secondary N) is 1. The highest BCUT2D eigenvalue weighted by atomic mass is 32.2. The number of esters is 1. The Kier molecular flexibility index (Phi) is 4.42. The topological polar surface area (TPSA) is 89.1 Å². The van der Waals surface area contributed by atoms with Crippen molar-refractivity contribution in [2.45, 2.75) is 29.8 Å². The van der Waals surface area contributed by atoms with Crippen LogP contribution < -0.4 is 0 Å². The Morgan fingerprint density at radius 2 is 2.00 bits per heavy atom. The van der Waals surface area contributed by atoms with Crippen LogP contribution in [-0.2, 0) is 19.4 Å². The molecule has 6 nitrogen and oxygen atoms in total. The zero-order valence-corrected chi connectivity index (χ0v) is 12.6. The van der Waals surface area contributed by atoms with Crippen LogP contribution in [0.1, 0.15) is 25.3 Å². The van der Waals surface area contributed by atoms with E-state index in [2.05, 4.69) is 9.97 Å². The number of carbonyl (C=O) groups is 1. The van der Waals surface area contributed by atoms with Gasteiger partial charge in [-0.3, -0.25) is 4.79 Å². The predicted octanol–water partition coefficient (Wildman–Crippen LogP) is 1.91. The molecule has 0 radical (unpaired) electrons. The van der Waals surface area contributed by atoms with E-state index < -0.39 is 15.8 Å². The summed E-state index contributed by atoms with van der Waals surface area (Å²) < 4.78 is 29.4. The summed E-state index contributed by atoms with van der Waals surface area (Å²) >= 11 is 0. The van der Waals surface area contributed by atoms with Crippen LogP contribution in [0.3, 0.4) is 0 Å². The van der Waals surface area contributed by atoms with Gasteiger partial charge in [-0.1, -0.05) is 12.1 Å². The fourth-order valence-corrected chi connectivity index (χ4v) is 2.99. The number of H-pyrrole nitrogens is 1. The molecule has 1 aromatic heterocycles. The van der Waals surface area contributed by atoms with E-state index in [1.54, 1.807) is 26.0 Å². The summed E-state index contributed by atoms with van der Waals surface area (Å²) in [7, 11) is -3.65. The molecule has 21 heavy (non-hydrogen) atoms. The lowest BCUT2D eigenvalue weighted by Gasteiger charge is -2.11. The summed E-state index contributed by atoms with van der Waals surface area (Å²) in [6.07, 6.45) is 2.83. The standard InChI is InChI=1S/C14H16N2O4S/c1-3-20-13(17)10(2)11-4-6-12(7-5-11)21(18,19)14-15-8-9-16-14/h4-10H,3H2,1-2H3,(H,15,16). The van der Waals surface area contributed by atoms with Gasteiger partial charge in [-0.2, -0.15) is 0 Å². The third-order valence-corrected chi connectivity index (χ3v) is 4.68. The first-order valence-corrected chi connectivity index (χ1v) is 7.96. The molecule has 112 valence electrons. The maximum atomic E-state index is 12.2. The van der Waals surface area contributed by atoms with Crippen LogP contribution >= 0.6 is 0 Å². The molecule has 1 N–H and O–H groups in total. The number of benzene rings is 1. The third kappa shape index (κ3) is 3.13. The molecule has 1 unspecified atom stereocenters. The van der Waals surface area contributed by atoms with Gasteiger partial charge in [0.05, 0.1) is 17.4 Å². The van der Waals surface area contributed by atoms with Crippen molar-refractivity contribution in [2.24, 2.45) is 0 Å². The minimum atomic E-state index is -3.65. The molecule has 2 aromatic rings. The molecule has 7 heteroatoms. The molecule has 1 atom stereocenters. The van der Waals surface area contributed by atoms with Gasteiger partial charge in [0.1, 0.15) is 0 Å². The Morgan fingerprint density at radius 3 is 2.52 bits per heavy atom. The van der Waals surface area contributed by atoms with Gasteiger partial charge >= 0.3 is 5.97 Å². The van der Waals surface area contributed by atoms with Gasteiger partial charge in [0.25, 0.3) is 0 Å². The molecule has 0 amide bonds. The normalized spacial score (nSPS) is 12.9. The monoisotopic (exact) mass is 308 g/mol. The first-order valence-electron chi connectivity index (χ1n) is 6.48. The van der Waals surface area contributed by atoms with Crippen LogP contribution in [0.25, 0.3) is 0 Å². The number of ether oxygens (including phenoxy) is 1. The van der Waals surface area contributed by atoms with Crippen LogP contribution in [0, 0.1) is 0 Å². The average Bonchev–Trinajstić information content (AvgIpc) is 3.02. The minimum Gasteiger partial charge on any atom is -0.466 e. The average molecular weight is 308 g/mol. The van der Waals surface area contributed by atoms with Gasteiger partial charge < -0.3 is 9.72 Å². The molecule has 1 aromatic carbocycles. The SMILES string of the molecule is CCOC(=O)C(C)c1ccc(S(=O)(=O)c2ncc[nH]2)cc1. The van der Waals surface area contributed by atoms with Crippen LogP contribution in [0.15, 0.2) is 46.7 Å². The van der Waals surface area contributed by atoms with E-state index in [1.807, 2.05) is 0 Å². The number of aromatic amines is 1. The molecule has 0 fully saturated rings. The zero-order valence-electron chi connectivity index (χ0n) is 11.7. The van der Waals surface area contributed by atoms with E-state index in [1.165, 1.54) is 24.5 Å². The van der Waals surface area contributed by atoms with Gasteiger partial charge in [-0.05, 0) is 31.5 Å². The van der Waals surface area contributed by atoms with Crippen molar-refractivity contribution in [3.8, 4) is 0 Å². The Labute approximate surface area is 123 Å². The second-order valence-corrected chi connectivity index (χ2v) is 6.31. The number of aromatic nitrogens is 2. The second kappa shape index (κ2) is 6.09. The second-order valence-electron chi connectivity index (χ2n) is 4.44. The highest BCUT2D eigenvalue weighted by molar-refractivity contribution is 7.91. The summed E-state index contributed by atoms with van der Waals surface area (Å²) in [5, 5.41) is -0.103. The van der Waals surface area contributed by atoms with Crippen LogP contribution in [0.2, 0.25) is 0 Å². The maximum Gasteiger partial charge on any atom is 0.313 e. The number of rotatable bonds is 5. The summed E-state index contributed by atoms with van der Waals surface area (Å²) in [5.41, 5.74) is 0.701. The third-order valence-electron chi connectivity index (χ3n) is 3.06. The van der Waals surface area contributed by atoms with Gasteiger partial charge in [0.15, 0.2) is 0 Å². The molecule has 1 heterocycles. The van der Waals surface area contributed by atoms with Crippen LogP contribution in [0.4, 0.5) is 0 Å². The van der Waals surface area contributed by atoms with E-state index in [0.717, 1.165) is 0 Å². The summed E-state index contributed by atoms with van der Waals surface area (Å²) in [6.45, 7) is 3.77. The predicted molar refractivity (Wildman–Crippen MR) is 75.5 cm³/mol. The highest BCUT2D eigenvalue weighted by Gasteiger charge is 2.21. The largest absolute Gasteiger partial charge is 0.466 e. The molecule has 0 spiro atoms. The van der Waals surface area contributed by atoms with Crippen molar-refractivity contribution in [1.82, 2.24) is 9.97 Å². The summed E-state index contributed by atoms with van der Waals surface area (Å²) in [6, 6.07) is 6.14. The van der Waals surface area contributed by atoms with Crippen molar-refractivity contribution in [3.05, 3.63) is 42.2 Å². The quantitative estimate of drug-likeness (QED) is 0.852. The number of hydrogen-bond acceptors (Lipinski definition) is 5. The number of carbonyl (C=O) groups excluding carboxylic acids is 1. The highest BCUT2D eigenvalue weighted by Crippen LogP contribution is 2.22. The molecular weight excluding hydrogens is 292 g/mol. The maximum absolute atomic E-state index is 12.2. The van der Waals surface area contributed by atoms with Crippen molar-refractivity contribution in [2.75, 3.05) is 6.61 Å². The lowest BCUT2D eigenvalue weighted by atomic mass is 10.0. The van der Waals surface area contributed by atoms with E-state index in [0.29, 0.717) is 12.2 Å². The van der Waals surface area contributed by atoms with E-state index in [9.17, 15) is 13.2 Å². The lowest BCUT2D eigenvalue weighted by Crippen LogP contribution is -2.13. The Morgan fingerprint density at radius 1 is 1.33 bits per heavy atom. The molecule has 0 aliphatic carbocycles. The van der Waals surface area contributed by atoms with Crippen molar-refractivity contribution in [1.29, 1.82) is 0 Å². The molecular formula is C14H16N2O4S. The van der Waals surface area contributed by atoms with E-state index >= 15 is 0 Å². The fraction of sp³-hybridized carbons (Fsp3) is 0.286. The summed E-state index contributed by atoms with van der Waals surface area (Å²) in [4.78, 5) is 18.1. The first-order chi connectivity index (χ1) is 9.96. The van der Waals surface area contributed by atoms with E-state index in [4.69, 9.17) is 4.74 Å². The van der Waals surface area contributed by atoms with Crippen LogP contribution in [0.5, 0.6) is 0 Å². The molecule has 2 rings (SSSR count). The van der Waals surface area contributed by atoms with Gasteiger partial charge in [0, 0.05) is 12.4 Å². The van der Waals surface area contributed by atoms with Gasteiger partial charge in [-0.15, -0.1) is 0 Å². The van der Waals surface area contributed by atoms with Crippen molar-refractivity contribution < 1.29 is 17.9 Å². The minimum absolute atomic E-state index is 0.103. The Balaban J connectivity index is 2.26. The number of imidazole rings is 1. The van der Waals surface area contributed by atoms with Crippen molar-refractivity contribution in [3.63, 3.8) is 0 Å². The molecule has 0 saturated carbocycles. The smallest absolute Gasteiger partial charge is 0.313 e. The molecule has 0 saturated heterocycles. The van der Waals surface area contributed by atoms with E-state index in [-0.39, 0.29) is 16.0 Å². The lowest BCUT2D eigenvalue weighted by molar-refractivity contribution is -0.144.